The minimum atomic E-state index is 0.594. The summed E-state index contributed by atoms with van der Waals surface area (Å²) in [6, 6.07) is 1.31. The second-order valence-electron chi connectivity index (χ2n) is 4.79. The molecular formula is C13H28N2O. The summed E-state index contributed by atoms with van der Waals surface area (Å²) in [5.41, 5.74) is 0. The average molecular weight is 228 g/mol. The van der Waals surface area contributed by atoms with Gasteiger partial charge in [0.25, 0.3) is 0 Å². The molecule has 1 aliphatic rings. The molecule has 1 rings (SSSR count). The Hall–Kier alpha value is -0.120. The van der Waals surface area contributed by atoms with E-state index < -0.39 is 0 Å². The molecule has 96 valence electrons. The lowest BCUT2D eigenvalue weighted by molar-refractivity contribution is 0.146. The normalized spacial score (nSPS) is 24.0. The first-order valence-electron chi connectivity index (χ1n) is 6.87. The third-order valence-corrected chi connectivity index (χ3v) is 3.24. The Morgan fingerprint density at radius 2 is 2.25 bits per heavy atom. The van der Waals surface area contributed by atoms with Crippen LogP contribution in [-0.2, 0) is 4.74 Å². The zero-order valence-electron chi connectivity index (χ0n) is 10.9. The van der Waals surface area contributed by atoms with Gasteiger partial charge in [-0.2, -0.15) is 0 Å². The van der Waals surface area contributed by atoms with E-state index in [1.54, 1.807) is 0 Å². The van der Waals surface area contributed by atoms with E-state index in [0.29, 0.717) is 6.04 Å². The van der Waals surface area contributed by atoms with Crippen molar-refractivity contribution in [3.05, 3.63) is 0 Å². The monoisotopic (exact) mass is 228 g/mol. The van der Waals surface area contributed by atoms with Crippen LogP contribution < -0.4 is 10.6 Å². The third-order valence-electron chi connectivity index (χ3n) is 3.24. The van der Waals surface area contributed by atoms with Crippen molar-refractivity contribution < 1.29 is 4.74 Å². The van der Waals surface area contributed by atoms with Crippen molar-refractivity contribution in [3.63, 3.8) is 0 Å². The second kappa shape index (κ2) is 8.97. The summed E-state index contributed by atoms with van der Waals surface area (Å²) in [5, 5.41) is 7.16. The van der Waals surface area contributed by atoms with Gasteiger partial charge in [0.2, 0.25) is 0 Å². The van der Waals surface area contributed by atoms with Crippen molar-refractivity contribution >= 4 is 0 Å². The highest BCUT2D eigenvalue weighted by molar-refractivity contribution is 4.75. The van der Waals surface area contributed by atoms with Gasteiger partial charge in [-0.15, -0.1) is 0 Å². The van der Waals surface area contributed by atoms with Crippen LogP contribution >= 0.6 is 0 Å². The molecule has 0 radical (unpaired) electrons. The number of hydrogen-bond donors (Lipinski definition) is 2. The summed E-state index contributed by atoms with van der Waals surface area (Å²) < 4.78 is 5.32. The lowest BCUT2D eigenvalue weighted by Gasteiger charge is -2.21. The van der Waals surface area contributed by atoms with Crippen LogP contribution in [0.1, 0.15) is 46.0 Å². The van der Waals surface area contributed by atoms with Gasteiger partial charge in [-0.25, -0.2) is 0 Å². The summed E-state index contributed by atoms with van der Waals surface area (Å²) >= 11 is 0. The minimum Gasteiger partial charge on any atom is -0.380 e. The van der Waals surface area contributed by atoms with Crippen molar-refractivity contribution in [3.8, 4) is 0 Å². The van der Waals surface area contributed by atoms with Gasteiger partial charge in [0.1, 0.15) is 0 Å². The minimum absolute atomic E-state index is 0.594. The average Bonchev–Trinajstić information content (AvgIpc) is 2.53. The van der Waals surface area contributed by atoms with E-state index >= 15 is 0 Å². The standard InChI is InChI=1S/C13H28N2O/c1-3-16-10-9-14-12(2)11-13-7-5-4-6-8-15-13/h12-15H,3-11H2,1-2H3. The third kappa shape index (κ3) is 6.46. The molecule has 0 aliphatic carbocycles. The first-order valence-corrected chi connectivity index (χ1v) is 6.87. The molecular weight excluding hydrogens is 200 g/mol. The van der Waals surface area contributed by atoms with Crippen molar-refractivity contribution in [2.24, 2.45) is 0 Å². The fourth-order valence-electron chi connectivity index (χ4n) is 2.33. The van der Waals surface area contributed by atoms with Gasteiger partial charge < -0.3 is 15.4 Å². The van der Waals surface area contributed by atoms with Crippen molar-refractivity contribution in [2.45, 2.75) is 58.0 Å². The first kappa shape index (κ1) is 13.9. The molecule has 1 fully saturated rings. The van der Waals surface area contributed by atoms with Crippen LogP contribution in [0.15, 0.2) is 0 Å². The highest BCUT2D eigenvalue weighted by atomic mass is 16.5. The van der Waals surface area contributed by atoms with Crippen molar-refractivity contribution in [1.29, 1.82) is 0 Å². The number of hydrogen-bond acceptors (Lipinski definition) is 3. The van der Waals surface area contributed by atoms with Crippen LogP contribution in [0, 0.1) is 0 Å². The van der Waals surface area contributed by atoms with Crippen LogP contribution in [0.4, 0.5) is 0 Å². The Bertz CT molecular complexity index is 156. The zero-order valence-corrected chi connectivity index (χ0v) is 10.9. The molecule has 3 nitrogen and oxygen atoms in total. The SMILES string of the molecule is CCOCCNC(C)CC1CCCCCN1. The largest absolute Gasteiger partial charge is 0.380 e. The number of nitrogens with one attached hydrogen (secondary N) is 2. The fourth-order valence-corrected chi connectivity index (χ4v) is 2.33. The summed E-state index contributed by atoms with van der Waals surface area (Å²) in [4.78, 5) is 0. The molecule has 0 aromatic carbocycles. The van der Waals surface area contributed by atoms with Gasteiger partial charge in [0.15, 0.2) is 0 Å². The summed E-state index contributed by atoms with van der Waals surface area (Å²) in [7, 11) is 0. The first-order chi connectivity index (χ1) is 7.83. The van der Waals surface area contributed by atoms with Crippen LogP contribution in [0.3, 0.4) is 0 Å². The molecule has 0 aromatic rings. The molecule has 1 aliphatic heterocycles. The summed E-state index contributed by atoms with van der Waals surface area (Å²) in [5.74, 6) is 0. The smallest absolute Gasteiger partial charge is 0.0590 e. The lowest BCUT2D eigenvalue weighted by atomic mass is 10.0. The highest BCUT2D eigenvalue weighted by Gasteiger charge is 2.14. The van der Waals surface area contributed by atoms with Crippen molar-refractivity contribution in [2.75, 3.05) is 26.3 Å². The van der Waals surface area contributed by atoms with Gasteiger partial charge in [0.05, 0.1) is 6.61 Å². The highest BCUT2D eigenvalue weighted by Crippen LogP contribution is 2.12. The molecule has 2 N–H and O–H groups in total. The lowest BCUT2D eigenvalue weighted by Crippen LogP contribution is -2.37. The molecule has 0 spiro atoms. The van der Waals surface area contributed by atoms with Crippen molar-refractivity contribution in [1.82, 2.24) is 10.6 Å². The van der Waals surface area contributed by atoms with Gasteiger partial charge >= 0.3 is 0 Å². The van der Waals surface area contributed by atoms with Gasteiger partial charge in [-0.3, -0.25) is 0 Å². The second-order valence-corrected chi connectivity index (χ2v) is 4.79. The van der Waals surface area contributed by atoms with E-state index in [-0.39, 0.29) is 0 Å². The van der Waals surface area contributed by atoms with Gasteiger partial charge in [-0.1, -0.05) is 12.8 Å². The Morgan fingerprint density at radius 3 is 3.06 bits per heavy atom. The molecule has 2 unspecified atom stereocenters. The molecule has 0 aromatic heterocycles. The molecule has 16 heavy (non-hydrogen) atoms. The zero-order chi connectivity index (χ0) is 11.6. The number of ether oxygens (including phenoxy) is 1. The van der Waals surface area contributed by atoms with Crippen LogP contribution in [0.5, 0.6) is 0 Å². The molecule has 0 bridgehead atoms. The predicted molar refractivity (Wildman–Crippen MR) is 68.8 cm³/mol. The Balaban J connectivity index is 2.04. The number of rotatable bonds is 7. The Kier molecular flexibility index (Phi) is 7.81. The summed E-state index contributed by atoms with van der Waals surface area (Å²) in [6.45, 7) is 8.15. The Labute approximate surface area is 100 Å². The molecule has 2 atom stereocenters. The molecule has 1 heterocycles. The molecule has 3 heteroatoms. The van der Waals surface area contributed by atoms with E-state index in [9.17, 15) is 0 Å². The maximum atomic E-state index is 5.32. The molecule has 0 saturated carbocycles. The van der Waals surface area contributed by atoms with Crippen LogP contribution in [0.25, 0.3) is 0 Å². The van der Waals surface area contributed by atoms with E-state index in [2.05, 4.69) is 17.6 Å². The topological polar surface area (TPSA) is 33.3 Å². The van der Waals surface area contributed by atoms with E-state index in [4.69, 9.17) is 4.74 Å². The van der Waals surface area contributed by atoms with Gasteiger partial charge in [-0.05, 0) is 39.7 Å². The summed E-state index contributed by atoms with van der Waals surface area (Å²) in [6.07, 6.45) is 6.73. The predicted octanol–water partition coefficient (Wildman–Crippen LogP) is 1.92. The maximum absolute atomic E-state index is 5.32. The van der Waals surface area contributed by atoms with Crippen LogP contribution in [-0.4, -0.2) is 38.4 Å². The molecule has 1 saturated heterocycles. The molecule has 0 amide bonds. The van der Waals surface area contributed by atoms with E-state index in [1.807, 2.05) is 6.92 Å². The van der Waals surface area contributed by atoms with Gasteiger partial charge in [0, 0.05) is 25.2 Å². The van der Waals surface area contributed by atoms with Crippen LogP contribution in [0.2, 0.25) is 0 Å². The fraction of sp³-hybridized carbons (Fsp3) is 1.00. The Morgan fingerprint density at radius 1 is 1.38 bits per heavy atom. The van der Waals surface area contributed by atoms with E-state index in [0.717, 1.165) is 25.8 Å². The van der Waals surface area contributed by atoms with E-state index in [1.165, 1.54) is 38.6 Å². The quantitative estimate of drug-likeness (QED) is 0.653. The maximum Gasteiger partial charge on any atom is 0.0590 e.